The second-order valence-electron chi connectivity index (χ2n) is 8.89. The van der Waals surface area contributed by atoms with Crippen LogP contribution < -0.4 is 0 Å². The average Bonchev–Trinajstić information content (AvgIpc) is 2.67. The van der Waals surface area contributed by atoms with Crippen molar-refractivity contribution in [2.75, 3.05) is 13.1 Å². The Hall–Kier alpha value is -1.21. The molecule has 4 heteroatoms. The van der Waals surface area contributed by atoms with Gasteiger partial charge in [-0.15, -0.1) is 0 Å². The second kappa shape index (κ2) is 13.1. The van der Waals surface area contributed by atoms with Gasteiger partial charge in [-0.3, -0.25) is 4.79 Å². The van der Waals surface area contributed by atoms with Gasteiger partial charge in [-0.25, -0.2) is 0 Å². The molecule has 2 atom stereocenters. The van der Waals surface area contributed by atoms with E-state index in [2.05, 4.69) is 34.6 Å². The van der Waals surface area contributed by atoms with E-state index in [4.69, 9.17) is 0 Å². The summed E-state index contributed by atoms with van der Waals surface area (Å²) >= 11 is 0. The van der Waals surface area contributed by atoms with Crippen LogP contribution >= 0.6 is 8.46 Å². The molecule has 1 aromatic carbocycles. The summed E-state index contributed by atoms with van der Waals surface area (Å²) in [6, 6.07) is 9.81. The van der Waals surface area contributed by atoms with Crippen LogP contribution in [0.3, 0.4) is 0 Å². The molecule has 0 saturated heterocycles. The number of unbranched alkanes of at least 4 members (excludes halogenated alkanes) is 5. The van der Waals surface area contributed by atoms with Gasteiger partial charge >= 0.3 is 8.46 Å². The fraction of sp³-hybridized carbons (Fsp3) is 0.708. The summed E-state index contributed by atoms with van der Waals surface area (Å²) < 4.78 is 12.6. The minimum atomic E-state index is -0.907. The SMILES string of the molecule is CCCCCCCCC([PH+]=O)(C(=O)N(CC(C)C)CC(C)C)c1ccccc1. The summed E-state index contributed by atoms with van der Waals surface area (Å²) in [5, 5.41) is -0.907. The first-order valence-electron chi connectivity index (χ1n) is 11.1. The van der Waals surface area contributed by atoms with E-state index in [0.717, 1.165) is 18.4 Å². The van der Waals surface area contributed by atoms with E-state index < -0.39 is 13.6 Å². The maximum absolute atomic E-state index is 13.8. The highest BCUT2D eigenvalue weighted by molar-refractivity contribution is 7.27. The van der Waals surface area contributed by atoms with Crippen LogP contribution in [0, 0.1) is 11.8 Å². The molecule has 0 aliphatic carbocycles. The molecule has 0 spiro atoms. The summed E-state index contributed by atoms with van der Waals surface area (Å²) in [6.07, 6.45) is 7.64. The van der Waals surface area contributed by atoms with Crippen molar-refractivity contribution >= 4 is 14.4 Å². The van der Waals surface area contributed by atoms with Gasteiger partial charge in [0, 0.05) is 25.1 Å². The number of carbonyl (C=O) groups is 1. The Bertz CT molecular complexity index is 563. The predicted octanol–water partition coefficient (Wildman–Crippen LogP) is 6.80. The first-order valence-corrected chi connectivity index (χ1v) is 12.0. The zero-order valence-electron chi connectivity index (χ0n) is 18.7. The van der Waals surface area contributed by atoms with Crippen molar-refractivity contribution in [1.29, 1.82) is 0 Å². The molecule has 2 unspecified atom stereocenters. The molecule has 28 heavy (non-hydrogen) atoms. The fourth-order valence-corrected chi connectivity index (χ4v) is 4.62. The van der Waals surface area contributed by atoms with Gasteiger partial charge in [0.1, 0.15) is 0 Å². The lowest BCUT2D eigenvalue weighted by atomic mass is 9.89. The van der Waals surface area contributed by atoms with Crippen LogP contribution in [0.1, 0.15) is 85.1 Å². The number of carbonyl (C=O) groups excluding carboxylic acids is 1. The van der Waals surface area contributed by atoms with Gasteiger partial charge < -0.3 is 4.90 Å². The molecule has 158 valence electrons. The van der Waals surface area contributed by atoms with Gasteiger partial charge in [-0.2, -0.15) is 0 Å². The summed E-state index contributed by atoms with van der Waals surface area (Å²) in [5.41, 5.74) is 0.902. The molecular weight excluding hydrogens is 365 g/mol. The quantitative estimate of drug-likeness (QED) is 0.252. The number of benzene rings is 1. The van der Waals surface area contributed by atoms with Crippen molar-refractivity contribution < 1.29 is 9.36 Å². The minimum absolute atomic E-state index is 0.0444. The zero-order valence-corrected chi connectivity index (χ0v) is 19.7. The third-order valence-electron chi connectivity index (χ3n) is 5.17. The summed E-state index contributed by atoms with van der Waals surface area (Å²) in [6.45, 7) is 12.2. The Kier molecular flexibility index (Phi) is 11.6. The average molecular weight is 407 g/mol. The highest BCUT2D eigenvalue weighted by Gasteiger charge is 2.50. The molecule has 0 fully saturated rings. The molecule has 1 rings (SSSR count). The molecule has 0 radical (unpaired) electrons. The number of rotatable bonds is 14. The number of hydrogen-bond donors (Lipinski definition) is 0. The van der Waals surface area contributed by atoms with Crippen LogP contribution in [0.15, 0.2) is 30.3 Å². The number of amides is 1. The Morgan fingerprint density at radius 2 is 1.46 bits per heavy atom. The molecule has 0 aliphatic heterocycles. The van der Waals surface area contributed by atoms with Gasteiger partial charge in [0.05, 0.1) is 0 Å². The monoisotopic (exact) mass is 406 g/mol. The Morgan fingerprint density at radius 1 is 0.929 bits per heavy atom. The largest absolute Gasteiger partial charge is 0.345 e. The molecule has 0 aromatic heterocycles. The molecule has 3 nitrogen and oxygen atoms in total. The molecule has 0 heterocycles. The summed E-state index contributed by atoms with van der Waals surface area (Å²) in [4.78, 5) is 15.7. The third kappa shape index (κ3) is 7.66. The van der Waals surface area contributed by atoms with Crippen molar-refractivity contribution in [3.05, 3.63) is 35.9 Å². The van der Waals surface area contributed by atoms with Gasteiger partial charge in [0.2, 0.25) is 0 Å². The zero-order chi connectivity index (χ0) is 21.0. The maximum Gasteiger partial charge on any atom is 0.345 e. The smallest absolute Gasteiger partial charge is 0.338 e. The topological polar surface area (TPSA) is 37.4 Å². The fourth-order valence-electron chi connectivity index (χ4n) is 3.81. The van der Waals surface area contributed by atoms with Crippen molar-refractivity contribution in [3.63, 3.8) is 0 Å². The van der Waals surface area contributed by atoms with Crippen molar-refractivity contribution in [3.8, 4) is 0 Å². The van der Waals surface area contributed by atoms with Crippen LogP contribution in [0.5, 0.6) is 0 Å². The van der Waals surface area contributed by atoms with E-state index in [-0.39, 0.29) is 5.91 Å². The third-order valence-corrected chi connectivity index (χ3v) is 6.27. The normalized spacial score (nSPS) is 13.8. The highest BCUT2D eigenvalue weighted by atomic mass is 31.1. The van der Waals surface area contributed by atoms with E-state index in [1.807, 2.05) is 35.2 Å². The van der Waals surface area contributed by atoms with Crippen LogP contribution in [-0.4, -0.2) is 23.9 Å². The molecule has 1 amide bonds. The van der Waals surface area contributed by atoms with Gasteiger partial charge in [0.25, 0.3) is 11.1 Å². The maximum atomic E-state index is 13.8. The first kappa shape index (κ1) is 24.8. The predicted molar refractivity (Wildman–Crippen MR) is 121 cm³/mol. The van der Waals surface area contributed by atoms with Gasteiger partial charge in [-0.05, 0) is 18.3 Å². The molecule has 0 aliphatic rings. The van der Waals surface area contributed by atoms with Gasteiger partial charge in [-0.1, -0.05) is 102 Å². The highest BCUT2D eigenvalue weighted by Crippen LogP contribution is 2.42. The van der Waals surface area contributed by atoms with E-state index in [0.29, 0.717) is 31.3 Å². The minimum Gasteiger partial charge on any atom is -0.338 e. The standard InChI is InChI=1S/C24H40NO2P/c1-6-7-8-9-10-14-17-24(28-27,22-15-12-11-13-16-22)23(26)25(18-20(2)3)19-21(4)5/h11-13,15-16,20-21H,6-10,14,17-19H2,1-5H3/p+1. The Balaban J connectivity index is 3.09. The lowest BCUT2D eigenvalue weighted by Gasteiger charge is -2.32. The summed E-state index contributed by atoms with van der Waals surface area (Å²) in [5.74, 6) is 0.823. The molecule has 0 bridgehead atoms. The first-order chi connectivity index (χ1) is 13.4. The van der Waals surface area contributed by atoms with Crippen LogP contribution in [0.25, 0.3) is 0 Å². The Morgan fingerprint density at radius 3 is 1.96 bits per heavy atom. The Labute approximate surface area is 174 Å². The number of nitrogens with zero attached hydrogens (tertiary/aromatic N) is 1. The van der Waals surface area contributed by atoms with Gasteiger partial charge in [0.15, 0.2) is 0 Å². The molecule has 0 N–H and O–H groups in total. The van der Waals surface area contributed by atoms with Crippen molar-refractivity contribution in [1.82, 2.24) is 4.90 Å². The van der Waals surface area contributed by atoms with Crippen LogP contribution in [0.4, 0.5) is 0 Å². The lowest BCUT2D eigenvalue weighted by molar-refractivity contribution is -0.135. The van der Waals surface area contributed by atoms with Crippen LogP contribution in [-0.2, 0) is 14.5 Å². The van der Waals surface area contributed by atoms with Crippen LogP contribution in [0.2, 0.25) is 0 Å². The van der Waals surface area contributed by atoms with E-state index in [1.54, 1.807) is 0 Å². The molecule has 1 aromatic rings. The van der Waals surface area contributed by atoms with E-state index >= 15 is 0 Å². The molecular formula is C24H41NO2P+. The van der Waals surface area contributed by atoms with Crippen molar-refractivity contribution in [2.24, 2.45) is 11.8 Å². The van der Waals surface area contributed by atoms with Crippen molar-refractivity contribution in [2.45, 2.75) is 84.7 Å². The summed E-state index contributed by atoms with van der Waals surface area (Å²) in [7, 11) is -0.666. The second-order valence-corrected chi connectivity index (χ2v) is 9.95. The number of hydrogen-bond acceptors (Lipinski definition) is 2. The van der Waals surface area contributed by atoms with E-state index in [1.165, 1.54) is 25.7 Å². The lowest BCUT2D eigenvalue weighted by Crippen LogP contribution is -2.46. The van der Waals surface area contributed by atoms with E-state index in [9.17, 15) is 9.36 Å². The molecule has 0 saturated carbocycles.